The van der Waals surface area contributed by atoms with Crippen molar-refractivity contribution in [2.75, 3.05) is 11.9 Å². The molecule has 15 heavy (non-hydrogen) atoms. The molecule has 1 heterocycles. The lowest BCUT2D eigenvalue weighted by Crippen LogP contribution is -2.32. The van der Waals surface area contributed by atoms with Gasteiger partial charge in [0.25, 0.3) is 0 Å². The Morgan fingerprint density at radius 2 is 2.27 bits per heavy atom. The second kappa shape index (κ2) is 5.68. The van der Waals surface area contributed by atoms with Crippen molar-refractivity contribution in [2.45, 2.75) is 19.9 Å². The van der Waals surface area contributed by atoms with Crippen molar-refractivity contribution < 1.29 is 4.79 Å². The fourth-order valence-electron chi connectivity index (χ4n) is 0.962. The van der Waals surface area contributed by atoms with Gasteiger partial charge >= 0.3 is 0 Å². The normalized spacial score (nSPS) is 10.4. The van der Waals surface area contributed by atoms with Crippen molar-refractivity contribution in [1.82, 2.24) is 10.3 Å². The van der Waals surface area contributed by atoms with Gasteiger partial charge in [0.05, 0.1) is 6.54 Å². The number of carbonyl (C=O) groups is 1. The number of aromatic nitrogens is 1. The highest BCUT2D eigenvalue weighted by molar-refractivity contribution is 6.29. The van der Waals surface area contributed by atoms with Crippen LogP contribution in [0.3, 0.4) is 0 Å². The second-order valence-electron chi connectivity index (χ2n) is 3.43. The van der Waals surface area contributed by atoms with Crippen LogP contribution in [0.4, 0.5) is 5.82 Å². The van der Waals surface area contributed by atoms with E-state index in [1.165, 1.54) is 0 Å². The molecular formula is C10H14ClN3O. The number of anilines is 1. The summed E-state index contributed by atoms with van der Waals surface area (Å²) >= 11 is 5.68. The summed E-state index contributed by atoms with van der Waals surface area (Å²) in [6.45, 7) is 4.22. The SMILES string of the molecule is CC(C)NCC(=O)Nc1cccc(Cl)n1. The first-order valence-electron chi connectivity index (χ1n) is 4.73. The van der Waals surface area contributed by atoms with E-state index in [0.29, 0.717) is 11.0 Å². The van der Waals surface area contributed by atoms with Crippen LogP contribution < -0.4 is 10.6 Å². The maximum absolute atomic E-state index is 11.4. The van der Waals surface area contributed by atoms with Crippen LogP contribution in [0.5, 0.6) is 0 Å². The predicted molar refractivity (Wildman–Crippen MR) is 61.0 cm³/mol. The molecule has 1 rings (SSSR count). The van der Waals surface area contributed by atoms with Gasteiger partial charge < -0.3 is 10.6 Å². The van der Waals surface area contributed by atoms with Gasteiger partial charge in [-0.2, -0.15) is 0 Å². The van der Waals surface area contributed by atoms with Gasteiger partial charge in [-0.1, -0.05) is 31.5 Å². The minimum Gasteiger partial charge on any atom is -0.310 e. The second-order valence-corrected chi connectivity index (χ2v) is 3.82. The Hall–Kier alpha value is -1.13. The number of hydrogen-bond donors (Lipinski definition) is 2. The summed E-state index contributed by atoms with van der Waals surface area (Å²) in [7, 11) is 0. The van der Waals surface area contributed by atoms with E-state index in [2.05, 4.69) is 15.6 Å². The molecule has 0 aliphatic heterocycles. The topological polar surface area (TPSA) is 54.0 Å². The zero-order valence-corrected chi connectivity index (χ0v) is 9.51. The Balaban J connectivity index is 2.44. The molecule has 0 bridgehead atoms. The number of nitrogens with one attached hydrogen (secondary N) is 2. The van der Waals surface area contributed by atoms with Gasteiger partial charge in [0.2, 0.25) is 5.91 Å². The van der Waals surface area contributed by atoms with E-state index in [-0.39, 0.29) is 18.5 Å². The number of rotatable bonds is 4. The Kier molecular flexibility index (Phi) is 4.52. The van der Waals surface area contributed by atoms with E-state index < -0.39 is 0 Å². The molecule has 0 unspecified atom stereocenters. The summed E-state index contributed by atoms with van der Waals surface area (Å²) in [6.07, 6.45) is 0. The number of halogens is 1. The molecule has 0 aliphatic rings. The Labute approximate surface area is 94.0 Å². The molecule has 5 heteroatoms. The smallest absolute Gasteiger partial charge is 0.239 e. The van der Waals surface area contributed by atoms with Crippen LogP contribution >= 0.6 is 11.6 Å². The summed E-state index contributed by atoms with van der Waals surface area (Å²) in [5, 5.41) is 6.01. The molecule has 0 spiro atoms. The van der Waals surface area contributed by atoms with E-state index in [0.717, 1.165) is 0 Å². The van der Waals surface area contributed by atoms with Crippen LogP contribution in [-0.2, 0) is 4.79 Å². The quantitative estimate of drug-likeness (QED) is 0.770. The fraction of sp³-hybridized carbons (Fsp3) is 0.400. The first-order valence-corrected chi connectivity index (χ1v) is 5.11. The van der Waals surface area contributed by atoms with Gasteiger partial charge in [0.1, 0.15) is 11.0 Å². The third-order valence-corrected chi connectivity index (χ3v) is 1.86. The maximum Gasteiger partial charge on any atom is 0.239 e. The van der Waals surface area contributed by atoms with Crippen LogP contribution in [0.15, 0.2) is 18.2 Å². The monoisotopic (exact) mass is 227 g/mol. The average molecular weight is 228 g/mol. The van der Waals surface area contributed by atoms with E-state index in [9.17, 15) is 4.79 Å². The highest BCUT2D eigenvalue weighted by atomic mass is 35.5. The highest BCUT2D eigenvalue weighted by Crippen LogP contribution is 2.08. The van der Waals surface area contributed by atoms with Crippen LogP contribution in [0.1, 0.15) is 13.8 Å². The summed E-state index contributed by atoms with van der Waals surface area (Å²) in [4.78, 5) is 15.3. The summed E-state index contributed by atoms with van der Waals surface area (Å²) in [5.41, 5.74) is 0. The van der Waals surface area contributed by atoms with Gasteiger partial charge in [-0.3, -0.25) is 4.79 Å². The molecule has 0 fully saturated rings. The molecule has 0 saturated heterocycles. The number of amides is 1. The zero-order chi connectivity index (χ0) is 11.3. The average Bonchev–Trinajstić information content (AvgIpc) is 2.15. The van der Waals surface area contributed by atoms with Gasteiger partial charge in [-0.05, 0) is 12.1 Å². The largest absolute Gasteiger partial charge is 0.310 e. The van der Waals surface area contributed by atoms with E-state index in [4.69, 9.17) is 11.6 Å². The first-order chi connectivity index (χ1) is 7.08. The maximum atomic E-state index is 11.4. The number of pyridine rings is 1. The molecule has 0 atom stereocenters. The van der Waals surface area contributed by atoms with Crippen molar-refractivity contribution in [2.24, 2.45) is 0 Å². The molecule has 0 aromatic carbocycles. The van der Waals surface area contributed by atoms with E-state index in [1.54, 1.807) is 18.2 Å². The van der Waals surface area contributed by atoms with Gasteiger partial charge in [-0.25, -0.2) is 4.98 Å². The van der Waals surface area contributed by atoms with Gasteiger partial charge in [0.15, 0.2) is 0 Å². The van der Waals surface area contributed by atoms with Crippen LogP contribution in [-0.4, -0.2) is 23.5 Å². The summed E-state index contributed by atoms with van der Waals surface area (Å²) in [6, 6.07) is 5.37. The van der Waals surface area contributed by atoms with Crippen LogP contribution in [0.2, 0.25) is 5.15 Å². The molecule has 0 aliphatic carbocycles. The van der Waals surface area contributed by atoms with Gasteiger partial charge in [0, 0.05) is 6.04 Å². The van der Waals surface area contributed by atoms with Crippen molar-refractivity contribution in [3.8, 4) is 0 Å². The van der Waals surface area contributed by atoms with Crippen molar-refractivity contribution in [1.29, 1.82) is 0 Å². The van der Waals surface area contributed by atoms with Crippen molar-refractivity contribution in [3.05, 3.63) is 23.4 Å². The molecule has 0 saturated carbocycles. The predicted octanol–water partition coefficient (Wildman–Crippen LogP) is 1.67. The molecule has 82 valence electrons. The lowest BCUT2D eigenvalue weighted by atomic mass is 10.4. The van der Waals surface area contributed by atoms with Crippen LogP contribution in [0, 0.1) is 0 Å². The minimum absolute atomic E-state index is 0.126. The van der Waals surface area contributed by atoms with Crippen LogP contribution in [0.25, 0.3) is 0 Å². The molecule has 4 nitrogen and oxygen atoms in total. The summed E-state index contributed by atoms with van der Waals surface area (Å²) in [5.74, 6) is 0.344. The lowest BCUT2D eigenvalue weighted by molar-refractivity contribution is -0.115. The summed E-state index contributed by atoms with van der Waals surface area (Å²) < 4.78 is 0. The zero-order valence-electron chi connectivity index (χ0n) is 8.75. The molecule has 1 amide bonds. The number of nitrogens with zero attached hydrogens (tertiary/aromatic N) is 1. The van der Waals surface area contributed by atoms with Crippen molar-refractivity contribution >= 4 is 23.3 Å². The Morgan fingerprint density at radius 1 is 1.53 bits per heavy atom. The van der Waals surface area contributed by atoms with Crippen molar-refractivity contribution in [3.63, 3.8) is 0 Å². The Morgan fingerprint density at radius 3 is 2.87 bits per heavy atom. The molecule has 1 aromatic rings. The molecule has 0 radical (unpaired) electrons. The molecule has 2 N–H and O–H groups in total. The van der Waals surface area contributed by atoms with E-state index >= 15 is 0 Å². The third-order valence-electron chi connectivity index (χ3n) is 1.65. The standard InChI is InChI=1S/C10H14ClN3O/c1-7(2)12-6-10(15)14-9-5-3-4-8(11)13-9/h3-5,7,12H,6H2,1-2H3,(H,13,14,15). The first kappa shape index (κ1) is 11.9. The molecular weight excluding hydrogens is 214 g/mol. The number of hydrogen-bond acceptors (Lipinski definition) is 3. The molecule has 1 aromatic heterocycles. The lowest BCUT2D eigenvalue weighted by Gasteiger charge is -2.08. The Bertz CT molecular complexity index is 341. The third kappa shape index (κ3) is 4.76. The van der Waals surface area contributed by atoms with Gasteiger partial charge in [-0.15, -0.1) is 0 Å². The van der Waals surface area contributed by atoms with E-state index in [1.807, 2.05) is 13.8 Å². The highest BCUT2D eigenvalue weighted by Gasteiger charge is 2.03. The number of carbonyl (C=O) groups excluding carboxylic acids is 1. The fourth-order valence-corrected chi connectivity index (χ4v) is 1.13. The minimum atomic E-state index is -0.126.